The molecule has 142 valence electrons. The Kier molecular flexibility index (Phi) is 6.03. The number of fused-ring (bicyclic) bond motifs is 1. The van der Waals surface area contributed by atoms with Gasteiger partial charge in [-0.2, -0.15) is 0 Å². The van der Waals surface area contributed by atoms with Gasteiger partial charge in [0.25, 0.3) is 5.91 Å². The lowest BCUT2D eigenvalue weighted by Crippen LogP contribution is -2.30. The summed E-state index contributed by atoms with van der Waals surface area (Å²) in [6, 6.07) is 6.65. The Bertz CT molecular complexity index is 875. The number of anilines is 1. The van der Waals surface area contributed by atoms with Crippen LogP contribution in [0.3, 0.4) is 0 Å². The second-order valence-corrected chi connectivity index (χ2v) is 6.60. The third-order valence-corrected chi connectivity index (χ3v) is 4.18. The fourth-order valence-corrected chi connectivity index (χ4v) is 2.81. The van der Waals surface area contributed by atoms with E-state index in [4.69, 9.17) is 37.4 Å². The molecule has 0 fully saturated rings. The van der Waals surface area contributed by atoms with Crippen molar-refractivity contribution in [2.75, 3.05) is 18.5 Å². The van der Waals surface area contributed by atoms with Crippen LogP contribution in [0.5, 0.6) is 11.5 Å². The molecule has 0 bridgehead atoms. The zero-order chi connectivity index (χ0) is 19.4. The maximum atomic E-state index is 12.2. The zero-order valence-corrected chi connectivity index (χ0v) is 15.8. The van der Waals surface area contributed by atoms with Gasteiger partial charge >= 0.3 is 5.97 Å². The zero-order valence-electron chi connectivity index (χ0n) is 14.3. The highest BCUT2D eigenvalue weighted by atomic mass is 35.5. The van der Waals surface area contributed by atoms with E-state index in [0.29, 0.717) is 35.3 Å². The van der Waals surface area contributed by atoms with Crippen LogP contribution in [0.25, 0.3) is 0 Å². The van der Waals surface area contributed by atoms with Crippen molar-refractivity contribution in [2.45, 2.75) is 19.4 Å². The summed E-state index contributed by atoms with van der Waals surface area (Å²) in [5, 5.41) is 3.02. The number of pyridine rings is 1. The topological polar surface area (TPSA) is 86.8 Å². The standard InChI is InChI=1S/C18H16Cl2N2O5/c1-10(18(24)22-17-13(20)8-12(19)9-21-17)27-16(23)7-11-2-3-14-15(6-11)26-5-4-25-14/h2-3,6,8-10H,4-5,7H2,1H3,(H,21,22,24)/t10-/m0/s1. The molecule has 1 aliphatic rings. The first-order chi connectivity index (χ1) is 12.9. The molecule has 3 rings (SSSR count). The quantitative estimate of drug-likeness (QED) is 0.761. The number of carbonyl (C=O) groups is 2. The van der Waals surface area contributed by atoms with E-state index in [-0.39, 0.29) is 17.3 Å². The highest BCUT2D eigenvalue weighted by Gasteiger charge is 2.20. The molecule has 0 aliphatic carbocycles. The van der Waals surface area contributed by atoms with Crippen LogP contribution in [0.1, 0.15) is 12.5 Å². The lowest BCUT2D eigenvalue weighted by Gasteiger charge is -2.19. The predicted molar refractivity (Wildman–Crippen MR) is 99.6 cm³/mol. The molecule has 0 radical (unpaired) electrons. The molecule has 7 nitrogen and oxygen atoms in total. The Hall–Kier alpha value is -2.51. The molecule has 1 amide bonds. The number of carbonyl (C=O) groups excluding carboxylic acids is 2. The fraction of sp³-hybridized carbons (Fsp3) is 0.278. The number of ether oxygens (including phenoxy) is 3. The van der Waals surface area contributed by atoms with Crippen molar-refractivity contribution in [2.24, 2.45) is 0 Å². The summed E-state index contributed by atoms with van der Waals surface area (Å²) in [5.74, 6) is 0.256. The molecule has 1 aromatic carbocycles. The molecule has 0 saturated carbocycles. The van der Waals surface area contributed by atoms with Gasteiger partial charge in [0, 0.05) is 6.20 Å². The molecule has 1 atom stereocenters. The van der Waals surface area contributed by atoms with Crippen LogP contribution in [0.4, 0.5) is 5.82 Å². The van der Waals surface area contributed by atoms with Crippen LogP contribution in [0, 0.1) is 0 Å². The van der Waals surface area contributed by atoms with E-state index >= 15 is 0 Å². The van der Waals surface area contributed by atoms with E-state index in [1.165, 1.54) is 19.2 Å². The van der Waals surface area contributed by atoms with Gasteiger partial charge < -0.3 is 19.5 Å². The smallest absolute Gasteiger partial charge is 0.311 e. The lowest BCUT2D eigenvalue weighted by atomic mass is 10.1. The van der Waals surface area contributed by atoms with Crippen molar-refractivity contribution in [1.82, 2.24) is 4.98 Å². The van der Waals surface area contributed by atoms with Crippen LogP contribution >= 0.6 is 23.2 Å². The highest BCUT2D eigenvalue weighted by Crippen LogP contribution is 2.31. The van der Waals surface area contributed by atoms with E-state index in [9.17, 15) is 9.59 Å². The Morgan fingerprint density at radius 2 is 1.96 bits per heavy atom. The van der Waals surface area contributed by atoms with Crippen molar-refractivity contribution in [3.8, 4) is 11.5 Å². The minimum atomic E-state index is -1.02. The summed E-state index contributed by atoms with van der Waals surface area (Å²) in [5.41, 5.74) is 0.694. The van der Waals surface area contributed by atoms with Crippen LogP contribution in [-0.2, 0) is 20.7 Å². The van der Waals surface area contributed by atoms with Gasteiger partial charge in [0.2, 0.25) is 0 Å². The molecule has 9 heteroatoms. The van der Waals surface area contributed by atoms with Gasteiger partial charge in [-0.15, -0.1) is 0 Å². The number of rotatable bonds is 5. The Morgan fingerprint density at radius 1 is 1.22 bits per heavy atom. The predicted octanol–water partition coefficient (Wildman–Crippen LogP) is 3.27. The van der Waals surface area contributed by atoms with E-state index in [1.54, 1.807) is 18.2 Å². The summed E-state index contributed by atoms with van der Waals surface area (Å²) in [4.78, 5) is 28.2. The number of benzene rings is 1. The summed E-state index contributed by atoms with van der Waals surface area (Å²) in [6.45, 7) is 2.41. The average Bonchev–Trinajstić information content (AvgIpc) is 2.63. The number of halogens is 2. The van der Waals surface area contributed by atoms with Crippen molar-refractivity contribution in [1.29, 1.82) is 0 Å². The molecule has 27 heavy (non-hydrogen) atoms. The van der Waals surface area contributed by atoms with Crippen LogP contribution in [0.15, 0.2) is 30.5 Å². The first-order valence-electron chi connectivity index (χ1n) is 8.12. The molecule has 0 saturated heterocycles. The molecule has 0 unspecified atom stereocenters. The molecule has 1 aliphatic heterocycles. The molecule has 1 N–H and O–H groups in total. The number of esters is 1. The number of amides is 1. The maximum absolute atomic E-state index is 12.2. The van der Waals surface area contributed by atoms with E-state index in [2.05, 4.69) is 10.3 Å². The van der Waals surface area contributed by atoms with Gasteiger partial charge in [-0.25, -0.2) is 4.98 Å². The molecule has 0 spiro atoms. The average molecular weight is 411 g/mol. The third-order valence-electron chi connectivity index (χ3n) is 3.68. The fourth-order valence-electron chi connectivity index (χ4n) is 2.38. The Labute approximate surface area is 165 Å². The Morgan fingerprint density at radius 3 is 2.70 bits per heavy atom. The summed E-state index contributed by atoms with van der Waals surface area (Å²) >= 11 is 11.7. The number of hydrogen-bond acceptors (Lipinski definition) is 6. The van der Waals surface area contributed by atoms with Crippen LogP contribution < -0.4 is 14.8 Å². The summed E-state index contributed by atoms with van der Waals surface area (Å²) < 4.78 is 16.1. The normalized spacial score (nSPS) is 13.6. The second kappa shape index (κ2) is 8.45. The minimum Gasteiger partial charge on any atom is -0.486 e. The van der Waals surface area contributed by atoms with Gasteiger partial charge in [-0.05, 0) is 30.7 Å². The molecule has 2 heterocycles. The monoisotopic (exact) mass is 410 g/mol. The molecule has 2 aromatic rings. The second-order valence-electron chi connectivity index (χ2n) is 5.76. The van der Waals surface area contributed by atoms with Crippen molar-refractivity contribution < 1.29 is 23.8 Å². The lowest BCUT2D eigenvalue weighted by molar-refractivity contribution is -0.152. The number of nitrogens with zero attached hydrogens (tertiary/aromatic N) is 1. The maximum Gasteiger partial charge on any atom is 0.311 e. The molecular weight excluding hydrogens is 395 g/mol. The third kappa shape index (κ3) is 5.02. The Balaban J connectivity index is 1.56. The van der Waals surface area contributed by atoms with Gasteiger partial charge in [-0.3, -0.25) is 9.59 Å². The summed E-state index contributed by atoms with van der Waals surface area (Å²) in [6.07, 6.45) is 0.318. The minimum absolute atomic E-state index is 0.00574. The van der Waals surface area contributed by atoms with E-state index in [0.717, 1.165) is 0 Å². The summed E-state index contributed by atoms with van der Waals surface area (Å²) in [7, 11) is 0. The van der Waals surface area contributed by atoms with E-state index in [1.807, 2.05) is 0 Å². The van der Waals surface area contributed by atoms with Gasteiger partial charge in [0.1, 0.15) is 13.2 Å². The highest BCUT2D eigenvalue weighted by molar-refractivity contribution is 6.36. The number of nitrogens with one attached hydrogen (secondary N) is 1. The SMILES string of the molecule is C[C@H](OC(=O)Cc1ccc2c(c1)OCCO2)C(=O)Nc1ncc(Cl)cc1Cl. The first kappa shape index (κ1) is 19.3. The van der Waals surface area contributed by atoms with Gasteiger partial charge in [0.05, 0.1) is 16.5 Å². The first-order valence-corrected chi connectivity index (χ1v) is 8.88. The van der Waals surface area contributed by atoms with Gasteiger partial charge in [-0.1, -0.05) is 29.3 Å². The van der Waals surface area contributed by atoms with E-state index < -0.39 is 18.0 Å². The van der Waals surface area contributed by atoms with Crippen molar-refractivity contribution >= 4 is 40.9 Å². The van der Waals surface area contributed by atoms with Gasteiger partial charge in [0.15, 0.2) is 23.4 Å². The number of aromatic nitrogens is 1. The van der Waals surface area contributed by atoms with Crippen LogP contribution in [-0.4, -0.2) is 36.2 Å². The van der Waals surface area contributed by atoms with Crippen molar-refractivity contribution in [3.05, 3.63) is 46.1 Å². The molecule has 1 aromatic heterocycles. The number of hydrogen-bond donors (Lipinski definition) is 1. The van der Waals surface area contributed by atoms with Crippen molar-refractivity contribution in [3.63, 3.8) is 0 Å². The van der Waals surface area contributed by atoms with Crippen LogP contribution in [0.2, 0.25) is 10.0 Å². The molecular formula is C18H16Cl2N2O5. The largest absolute Gasteiger partial charge is 0.486 e.